The van der Waals surface area contributed by atoms with Crippen molar-refractivity contribution >= 4 is 22.7 Å². The summed E-state index contributed by atoms with van der Waals surface area (Å²) in [7, 11) is 0. The minimum absolute atomic E-state index is 0.0124. The summed E-state index contributed by atoms with van der Waals surface area (Å²) in [6, 6.07) is 16.2. The number of aromatic amines is 1. The molecule has 0 bridgehead atoms. The van der Waals surface area contributed by atoms with Gasteiger partial charge in [-0.2, -0.15) is 0 Å². The molecular weight excluding hydrogens is 474 g/mol. The SMILES string of the molecule is CCOc1ccc(CN(CCc2c[nH]c3ccccc23)C(=O)CN(C(=O)CCC2CCCC2)C(C)C)cc1. The molecule has 0 aliphatic heterocycles. The summed E-state index contributed by atoms with van der Waals surface area (Å²) in [5.74, 6) is 1.57. The molecule has 0 spiro atoms. The Morgan fingerprint density at radius 3 is 2.47 bits per heavy atom. The number of carbonyl (C=O) groups excluding carboxylic acids is 2. The summed E-state index contributed by atoms with van der Waals surface area (Å²) in [6.45, 7) is 7.79. The maximum Gasteiger partial charge on any atom is 0.242 e. The highest BCUT2D eigenvalue weighted by Gasteiger charge is 2.25. The average Bonchev–Trinajstić information content (AvgIpc) is 3.59. The Morgan fingerprint density at radius 1 is 1.03 bits per heavy atom. The predicted molar refractivity (Wildman–Crippen MR) is 153 cm³/mol. The molecule has 38 heavy (non-hydrogen) atoms. The fourth-order valence-corrected chi connectivity index (χ4v) is 5.54. The van der Waals surface area contributed by atoms with Gasteiger partial charge in [0, 0.05) is 42.7 Å². The van der Waals surface area contributed by atoms with Gasteiger partial charge in [-0.3, -0.25) is 9.59 Å². The third kappa shape index (κ3) is 7.40. The fourth-order valence-electron chi connectivity index (χ4n) is 5.54. The number of fused-ring (bicyclic) bond motifs is 1. The van der Waals surface area contributed by atoms with Crippen LogP contribution in [0.3, 0.4) is 0 Å². The maximum atomic E-state index is 13.7. The van der Waals surface area contributed by atoms with E-state index < -0.39 is 0 Å². The third-order valence-electron chi connectivity index (χ3n) is 7.78. The molecule has 1 aromatic heterocycles. The second kappa shape index (κ2) is 13.5. The Bertz CT molecular complexity index is 1180. The highest BCUT2D eigenvalue weighted by atomic mass is 16.5. The van der Waals surface area contributed by atoms with Gasteiger partial charge in [-0.1, -0.05) is 56.0 Å². The lowest BCUT2D eigenvalue weighted by Crippen LogP contribution is -2.46. The molecule has 1 saturated carbocycles. The van der Waals surface area contributed by atoms with Crippen LogP contribution in [-0.2, 0) is 22.6 Å². The number of para-hydroxylation sites is 1. The number of nitrogens with zero attached hydrogens (tertiary/aromatic N) is 2. The zero-order valence-corrected chi connectivity index (χ0v) is 23.2. The monoisotopic (exact) mass is 517 g/mol. The minimum atomic E-state index is -0.0176. The summed E-state index contributed by atoms with van der Waals surface area (Å²) in [6.07, 6.45) is 9.28. The second-order valence-corrected chi connectivity index (χ2v) is 10.8. The molecule has 4 rings (SSSR count). The molecule has 0 atom stereocenters. The van der Waals surface area contributed by atoms with Gasteiger partial charge in [0.15, 0.2) is 0 Å². The van der Waals surface area contributed by atoms with E-state index in [-0.39, 0.29) is 24.4 Å². The average molecular weight is 518 g/mol. The number of amides is 2. The van der Waals surface area contributed by atoms with E-state index in [1.54, 1.807) is 4.90 Å². The van der Waals surface area contributed by atoms with Crippen LogP contribution in [0, 0.1) is 5.92 Å². The quantitative estimate of drug-likeness (QED) is 0.287. The number of hydrogen-bond donors (Lipinski definition) is 1. The van der Waals surface area contributed by atoms with Crippen LogP contribution in [0.25, 0.3) is 10.9 Å². The second-order valence-electron chi connectivity index (χ2n) is 10.8. The molecule has 1 fully saturated rings. The van der Waals surface area contributed by atoms with Crippen molar-refractivity contribution in [2.45, 2.75) is 78.3 Å². The van der Waals surface area contributed by atoms with Crippen LogP contribution in [0.1, 0.15) is 70.4 Å². The van der Waals surface area contributed by atoms with Crippen LogP contribution in [0.2, 0.25) is 0 Å². The van der Waals surface area contributed by atoms with E-state index in [1.807, 2.05) is 68.3 Å². The first-order valence-corrected chi connectivity index (χ1v) is 14.3. The molecule has 1 aliphatic rings. The third-order valence-corrected chi connectivity index (χ3v) is 7.78. The number of benzene rings is 2. The van der Waals surface area contributed by atoms with E-state index in [0.717, 1.165) is 29.7 Å². The van der Waals surface area contributed by atoms with Crippen molar-refractivity contribution in [3.8, 4) is 5.75 Å². The number of ether oxygens (including phenoxy) is 1. The summed E-state index contributed by atoms with van der Waals surface area (Å²) < 4.78 is 5.59. The van der Waals surface area contributed by atoms with E-state index in [0.29, 0.717) is 32.0 Å². The Kier molecular flexibility index (Phi) is 9.85. The van der Waals surface area contributed by atoms with Crippen LogP contribution in [0.5, 0.6) is 5.75 Å². The van der Waals surface area contributed by atoms with Gasteiger partial charge in [-0.05, 0) is 68.9 Å². The van der Waals surface area contributed by atoms with Gasteiger partial charge in [-0.25, -0.2) is 0 Å². The number of H-pyrrole nitrogens is 1. The fraction of sp³-hybridized carbons (Fsp3) is 0.500. The molecule has 2 aromatic carbocycles. The van der Waals surface area contributed by atoms with Crippen molar-refractivity contribution < 1.29 is 14.3 Å². The number of aromatic nitrogens is 1. The van der Waals surface area contributed by atoms with Crippen LogP contribution in [0.4, 0.5) is 0 Å². The van der Waals surface area contributed by atoms with Gasteiger partial charge >= 0.3 is 0 Å². The number of carbonyl (C=O) groups is 2. The smallest absolute Gasteiger partial charge is 0.242 e. The Balaban J connectivity index is 1.46. The minimum Gasteiger partial charge on any atom is -0.494 e. The maximum absolute atomic E-state index is 13.7. The highest BCUT2D eigenvalue weighted by molar-refractivity contribution is 5.85. The van der Waals surface area contributed by atoms with E-state index in [2.05, 4.69) is 17.1 Å². The van der Waals surface area contributed by atoms with Crippen molar-refractivity contribution in [2.75, 3.05) is 19.7 Å². The molecule has 6 heteroatoms. The lowest BCUT2D eigenvalue weighted by Gasteiger charge is -2.30. The molecule has 0 radical (unpaired) electrons. The van der Waals surface area contributed by atoms with E-state index >= 15 is 0 Å². The lowest BCUT2D eigenvalue weighted by atomic mass is 10.0. The predicted octanol–water partition coefficient (Wildman–Crippen LogP) is 6.35. The molecule has 1 aliphatic carbocycles. The standard InChI is InChI=1S/C32H43N3O3/c1-4-38-28-16-13-26(14-17-28)22-34(20-19-27-21-33-30-12-8-7-11-29(27)30)32(37)23-35(24(2)3)31(36)18-15-25-9-5-6-10-25/h7-8,11-14,16-17,21,24-25,33H,4-6,9-10,15,18-20,22-23H2,1-3H3. The van der Waals surface area contributed by atoms with Crippen LogP contribution in [-0.4, -0.2) is 52.3 Å². The Hall–Kier alpha value is -3.28. The molecule has 1 heterocycles. The highest BCUT2D eigenvalue weighted by Crippen LogP contribution is 2.29. The Morgan fingerprint density at radius 2 is 1.76 bits per heavy atom. The molecular formula is C32H43N3O3. The molecule has 0 saturated heterocycles. The van der Waals surface area contributed by atoms with Gasteiger partial charge in [0.25, 0.3) is 0 Å². The van der Waals surface area contributed by atoms with Crippen molar-refractivity contribution in [1.82, 2.24) is 14.8 Å². The van der Waals surface area contributed by atoms with Crippen LogP contribution >= 0.6 is 0 Å². The molecule has 204 valence electrons. The normalized spacial score (nSPS) is 13.8. The summed E-state index contributed by atoms with van der Waals surface area (Å²) >= 11 is 0. The van der Waals surface area contributed by atoms with Crippen molar-refractivity contribution in [3.63, 3.8) is 0 Å². The van der Waals surface area contributed by atoms with E-state index in [9.17, 15) is 9.59 Å². The van der Waals surface area contributed by atoms with Crippen LogP contribution < -0.4 is 4.74 Å². The van der Waals surface area contributed by atoms with Gasteiger partial charge < -0.3 is 19.5 Å². The summed E-state index contributed by atoms with van der Waals surface area (Å²) in [5, 5.41) is 1.19. The first kappa shape index (κ1) is 27.7. The first-order valence-electron chi connectivity index (χ1n) is 14.3. The van der Waals surface area contributed by atoms with Gasteiger partial charge in [-0.15, -0.1) is 0 Å². The molecule has 2 amide bonds. The zero-order chi connectivity index (χ0) is 26.9. The Labute approximate surface area is 227 Å². The van der Waals surface area contributed by atoms with Gasteiger partial charge in [0.1, 0.15) is 5.75 Å². The lowest BCUT2D eigenvalue weighted by molar-refractivity contribution is -0.142. The van der Waals surface area contributed by atoms with E-state index in [4.69, 9.17) is 4.74 Å². The van der Waals surface area contributed by atoms with Gasteiger partial charge in [0.2, 0.25) is 11.8 Å². The van der Waals surface area contributed by atoms with Crippen molar-refractivity contribution in [2.24, 2.45) is 5.92 Å². The van der Waals surface area contributed by atoms with Crippen molar-refractivity contribution in [3.05, 3.63) is 65.9 Å². The molecule has 0 unspecified atom stereocenters. The molecule has 3 aromatic rings. The number of hydrogen-bond acceptors (Lipinski definition) is 3. The van der Waals surface area contributed by atoms with Gasteiger partial charge in [0.05, 0.1) is 13.2 Å². The summed E-state index contributed by atoms with van der Waals surface area (Å²) in [4.78, 5) is 33.9. The first-order chi connectivity index (χ1) is 18.4. The molecule has 6 nitrogen and oxygen atoms in total. The van der Waals surface area contributed by atoms with E-state index in [1.165, 1.54) is 36.6 Å². The summed E-state index contributed by atoms with van der Waals surface area (Å²) in [5.41, 5.74) is 3.34. The van der Waals surface area contributed by atoms with Crippen LogP contribution in [0.15, 0.2) is 54.7 Å². The topological polar surface area (TPSA) is 65.6 Å². The molecule has 1 N–H and O–H groups in total. The zero-order valence-electron chi connectivity index (χ0n) is 23.2. The largest absolute Gasteiger partial charge is 0.494 e. The van der Waals surface area contributed by atoms with Crippen molar-refractivity contribution in [1.29, 1.82) is 0 Å². The number of nitrogens with one attached hydrogen (secondary N) is 1. The number of rotatable bonds is 13.